The van der Waals surface area contributed by atoms with Crippen molar-refractivity contribution < 1.29 is 9.18 Å². The molecule has 0 bridgehead atoms. The third-order valence-electron chi connectivity index (χ3n) is 4.58. The van der Waals surface area contributed by atoms with Crippen LogP contribution in [0, 0.1) is 12.7 Å². The van der Waals surface area contributed by atoms with Crippen molar-refractivity contribution in [2.75, 3.05) is 5.32 Å². The van der Waals surface area contributed by atoms with Crippen LogP contribution in [-0.4, -0.2) is 20.0 Å². The van der Waals surface area contributed by atoms with Crippen molar-refractivity contribution in [3.8, 4) is 0 Å². The molecule has 0 unspecified atom stereocenters. The second-order valence-corrected chi connectivity index (χ2v) is 6.78. The minimum Gasteiger partial charge on any atom is -0.330 e. The van der Waals surface area contributed by atoms with Crippen molar-refractivity contribution in [1.29, 1.82) is 0 Å². The van der Waals surface area contributed by atoms with Gasteiger partial charge in [-0.15, -0.1) is 0 Å². The van der Waals surface area contributed by atoms with Gasteiger partial charge < -0.3 is 9.88 Å². The number of amides is 1. The number of fused-ring (bicyclic) bond motifs is 2. The lowest BCUT2D eigenvalue weighted by Gasteiger charge is -2.10. The smallest absolute Gasteiger partial charge is 0.278 e. The molecule has 0 saturated carbocycles. The van der Waals surface area contributed by atoms with Crippen LogP contribution in [0.4, 0.5) is 10.1 Å². The Morgan fingerprint density at radius 2 is 2.19 bits per heavy atom. The van der Waals surface area contributed by atoms with E-state index in [4.69, 9.17) is 11.6 Å². The molecule has 3 aromatic rings. The number of anilines is 1. The molecule has 1 aromatic carbocycles. The van der Waals surface area contributed by atoms with Crippen LogP contribution in [0.1, 0.15) is 17.9 Å². The number of rotatable bonds is 3. The van der Waals surface area contributed by atoms with Crippen LogP contribution in [0.2, 0.25) is 5.02 Å². The van der Waals surface area contributed by atoms with Crippen molar-refractivity contribution in [3.63, 3.8) is 0 Å². The number of nitrogens with zero attached hydrogens (tertiary/aromatic N) is 3. The van der Waals surface area contributed by atoms with E-state index in [1.54, 1.807) is 9.13 Å². The van der Waals surface area contributed by atoms with E-state index in [1.165, 1.54) is 18.2 Å². The first kappa shape index (κ1) is 16.8. The topological polar surface area (TPSA) is 68.9 Å². The van der Waals surface area contributed by atoms with Gasteiger partial charge >= 0.3 is 0 Å². The fourth-order valence-corrected chi connectivity index (χ4v) is 3.53. The third kappa shape index (κ3) is 2.78. The summed E-state index contributed by atoms with van der Waals surface area (Å²) in [5, 5.41) is 2.61. The highest BCUT2D eigenvalue weighted by atomic mass is 35.5. The van der Waals surface area contributed by atoms with Gasteiger partial charge in [0.1, 0.15) is 23.7 Å². The van der Waals surface area contributed by atoms with Crippen LogP contribution in [0.15, 0.2) is 29.1 Å². The first-order valence-electron chi connectivity index (χ1n) is 8.28. The summed E-state index contributed by atoms with van der Waals surface area (Å²) in [6, 6.07) is 5.79. The number of hydrogen-bond donors (Lipinski definition) is 1. The Morgan fingerprint density at radius 1 is 1.38 bits per heavy atom. The number of aromatic nitrogens is 3. The molecule has 1 aliphatic heterocycles. The van der Waals surface area contributed by atoms with E-state index in [1.807, 2.05) is 13.0 Å². The zero-order valence-corrected chi connectivity index (χ0v) is 14.8. The molecular formula is C18H16ClFN4O2. The number of benzene rings is 1. The van der Waals surface area contributed by atoms with E-state index in [-0.39, 0.29) is 23.0 Å². The average molecular weight is 375 g/mol. The zero-order valence-electron chi connectivity index (χ0n) is 14.1. The minimum absolute atomic E-state index is 0.0411. The van der Waals surface area contributed by atoms with Crippen LogP contribution in [0.5, 0.6) is 0 Å². The molecule has 3 heterocycles. The van der Waals surface area contributed by atoms with Gasteiger partial charge in [0.2, 0.25) is 5.91 Å². The van der Waals surface area contributed by atoms with E-state index >= 15 is 0 Å². The third-order valence-corrected chi connectivity index (χ3v) is 4.87. The van der Waals surface area contributed by atoms with Gasteiger partial charge in [0, 0.05) is 24.3 Å². The number of hydrogen-bond acceptors (Lipinski definition) is 3. The molecule has 0 spiro atoms. The van der Waals surface area contributed by atoms with Crippen molar-refractivity contribution >= 4 is 34.2 Å². The van der Waals surface area contributed by atoms with Gasteiger partial charge in [-0.05, 0) is 37.6 Å². The standard InChI is InChI=1S/C18H16ClFN4O2/c1-10-7-14-17(18(26)23-6-2-3-15(23)22-14)24(10)9-16(25)21-11-4-5-13(20)12(19)8-11/h4-5,7-8H,2-3,6,9H2,1H3,(H,21,25). The normalized spacial score (nSPS) is 13.2. The van der Waals surface area contributed by atoms with Crippen LogP contribution in [-0.2, 0) is 24.3 Å². The zero-order chi connectivity index (χ0) is 18.4. The molecule has 1 N–H and O–H groups in total. The number of carbonyl (C=O) groups excluding carboxylic acids is 1. The Hall–Kier alpha value is -2.67. The van der Waals surface area contributed by atoms with Crippen LogP contribution in [0.25, 0.3) is 11.0 Å². The molecule has 0 radical (unpaired) electrons. The maximum Gasteiger partial charge on any atom is 0.278 e. The minimum atomic E-state index is -0.551. The van der Waals surface area contributed by atoms with Crippen molar-refractivity contribution in [3.05, 3.63) is 57.0 Å². The van der Waals surface area contributed by atoms with E-state index in [9.17, 15) is 14.0 Å². The molecule has 134 valence electrons. The first-order valence-corrected chi connectivity index (χ1v) is 8.66. The second-order valence-electron chi connectivity index (χ2n) is 6.37. The summed E-state index contributed by atoms with van der Waals surface area (Å²) in [5.74, 6) is -0.0897. The molecule has 6 nitrogen and oxygen atoms in total. The predicted molar refractivity (Wildman–Crippen MR) is 97.1 cm³/mol. The summed E-state index contributed by atoms with van der Waals surface area (Å²) in [4.78, 5) is 29.8. The Morgan fingerprint density at radius 3 is 2.96 bits per heavy atom. The van der Waals surface area contributed by atoms with Gasteiger partial charge in [-0.1, -0.05) is 11.6 Å². The predicted octanol–water partition coefficient (Wildman–Crippen LogP) is 2.88. The largest absolute Gasteiger partial charge is 0.330 e. The Kier molecular flexibility index (Phi) is 4.03. The lowest BCUT2D eigenvalue weighted by Crippen LogP contribution is -2.26. The fourth-order valence-electron chi connectivity index (χ4n) is 3.35. The Bertz CT molecular complexity index is 1100. The Labute approximate surface area is 153 Å². The lowest BCUT2D eigenvalue weighted by molar-refractivity contribution is -0.116. The number of aryl methyl sites for hydroxylation is 2. The maximum absolute atomic E-state index is 13.2. The van der Waals surface area contributed by atoms with Crippen LogP contribution < -0.4 is 10.9 Å². The van der Waals surface area contributed by atoms with Crippen molar-refractivity contribution in [1.82, 2.24) is 14.1 Å². The fraction of sp³-hybridized carbons (Fsp3) is 0.278. The van der Waals surface area contributed by atoms with Crippen LogP contribution >= 0.6 is 11.6 Å². The number of nitrogens with one attached hydrogen (secondary N) is 1. The second kappa shape index (κ2) is 6.25. The Balaban J connectivity index is 1.66. The summed E-state index contributed by atoms with van der Waals surface area (Å²) < 4.78 is 16.6. The van der Waals surface area contributed by atoms with E-state index in [0.717, 1.165) is 24.4 Å². The van der Waals surface area contributed by atoms with Crippen molar-refractivity contribution in [2.24, 2.45) is 0 Å². The lowest BCUT2D eigenvalue weighted by atomic mass is 10.3. The van der Waals surface area contributed by atoms with Crippen LogP contribution in [0.3, 0.4) is 0 Å². The quantitative estimate of drug-likeness (QED) is 0.766. The molecule has 0 aliphatic carbocycles. The summed E-state index contributed by atoms with van der Waals surface area (Å²) in [6.45, 7) is 2.45. The molecule has 1 aliphatic rings. The van der Waals surface area contributed by atoms with Gasteiger partial charge in [0.05, 0.1) is 10.5 Å². The monoisotopic (exact) mass is 374 g/mol. The summed E-state index contributed by atoms with van der Waals surface area (Å²) in [6.07, 6.45) is 1.70. The molecule has 0 saturated heterocycles. The number of carbonyl (C=O) groups is 1. The molecule has 0 fully saturated rings. The molecular weight excluding hydrogens is 359 g/mol. The number of halogens is 2. The van der Waals surface area contributed by atoms with Gasteiger partial charge in [0.15, 0.2) is 0 Å². The molecule has 0 atom stereocenters. The highest BCUT2D eigenvalue weighted by Crippen LogP contribution is 2.21. The van der Waals surface area contributed by atoms with E-state index in [0.29, 0.717) is 23.3 Å². The van der Waals surface area contributed by atoms with E-state index < -0.39 is 5.82 Å². The first-order chi connectivity index (χ1) is 12.4. The van der Waals surface area contributed by atoms with Gasteiger partial charge in [-0.3, -0.25) is 14.2 Å². The van der Waals surface area contributed by atoms with Crippen molar-refractivity contribution in [2.45, 2.75) is 32.9 Å². The highest BCUT2D eigenvalue weighted by Gasteiger charge is 2.20. The molecule has 2 aromatic heterocycles. The molecule has 4 rings (SSSR count). The van der Waals surface area contributed by atoms with Gasteiger partial charge in [-0.2, -0.15) is 0 Å². The summed E-state index contributed by atoms with van der Waals surface area (Å²) >= 11 is 5.73. The SMILES string of the molecule is Cc1cc2nc3n(c(=O)c2n1CC(=O)Nc1ccc(F)c(Cl)c1)CCC3. The molecule has 1 amide bonds. The van der Waals surface area contributed by atoms with Gasteiger partial charge in [0.25, 0.3) is 5.56 Å². The summed E-state index contributed by atoms with van der Waals surface area (Å²) in [5.41, 5.74) is 2.10. The molecule has 26 heavy (non-hydrogen) atoms. The average Bonchev–Trinajstić information content (AvgIpc) is 3.17. The highest BCUT2D eigenvalue weighted by molar-refractivity contribution is 6.31. The summed E-state index contributed by atoms with van der Waals surface area (Å²) in [7, 11) is 0. The molecule has 8 heteroatoms. The van der Waals surface area contributed by atoms with E-state index in [2.05, 4.69) is 10.3 Å². The van der Waals surface area contributed by atoms with Gasteiger partial charge in [-0.25, -0.2) is 9.37 Å². The maximum atomic E-state index is 13.2.